The van der Waals surface area contributed by atoms with Crippen molar-refractivity contribution in [1.82, 2.24) is 0 Å². The molecule has 3 heteroatoms. The van der Waals surface area contributed by atoms with E-state index < -0.39 is 0 Å². The van der Waals surface area contributed by atoms with E-state index in [1.165, 1.54) is 0 Å². The van der Waals surface area contributed by atoms with Crippen LogP contribution in [0.2, 0.25) is 0 Å². The first-order valence-corrected chi connectivity index (χ1v) is 3.64. The van der Waals surface area contributed by atoms with Gasteiger partial charge in [0, 0.05) is 4.47 Å². The summed E-state index contributed by atoms with van der Waals surface area (Å²) < 4.78 is 0.675. The molecule has 0 radical (unpaired) electrons. The third kappa shape index (κ3) is 1.58. The van der Waals surface area contributed by atoms with Gasteiger partial charge in [0.25, 0.3) is 0 Å². The van der Waals surface area contributed by atoms with Crippen LogP contribution < -0.4 is 0 Å². The van der Waals surface area contributed by atoms with Crippen molar-refractivity contribution in [3.05, 3.63) is 39.7 Å². The molecule has 0 atom stereocenters. The Balaban J connectivity index is 3.25. The van der Waals surface area contributed by atoms with Crippen LogP contribution in [0.4, 0.5) is 5.69 Å². The van der Waals surface area contributed by atoms with Gasteiger partial charge in [-0.3, -0.25) is 0 Å². The van der Waals surface area contributed by atoms with Gasteiger partial charge < -0.3 is 0 Å². The van der Waals surface area contributed by atoms with Gasteiger partial charge in [0.2, 0.25) is 0 Å². The maximum atomic E-state index is 8.52. The van der Waals surface area contributed by atoms with Gasteiger partial charge in [-0.1, -0.05) is 28.1 Å². The van der Waals surface area contributed by atoms with E-state index in [0.717, 1.165) is 0 Å². The summed E-state index contributed by atoms with van der Waals surface area (Å²) in [5.41, 5.74) is 1.09. The van der Waals surface area contributed by atoms with Crippen LogP contribution in [0.1, 0.15) is 5.56 Å². The Hall–Kier alpha value is -1.32. The summed E-state index contributed by atoms with van der Waals surface area (Å²) in [7, 11) is 0. The average molecular weight is 207 g/mol. The average Bonchev–Trinajstić information content (AvgIpc) is 2.04. The van der Waals surface area contributed by atoms with Crippen LogP contribution in [0.5, 0.6) is 0 Å². The Labute approximate surface area is 73.0 Å². The third-order valence-corrected chi connectivity index (χ3v) is 1.86. The fourth-order valence-corrected chi connectivity index (χ4v) is 1.12. The van der Waals surface area contributed by atoms with Crippen molar-refractivity contribution < 1.29 is 0 Å². The molecule has 0 unspecified atom stereocenters. The highest BCUT2D eigenvalue weighted by Crippen LogP contribution is 2.22. The smallest absolute Gasteiger partial charge is 0.188 e. The largest absolute Gasteiger partial charge is 0.238 e. The Morgan fingerprint density at radius 2 is 2.27 bits per heavy atom. The summed E-state index contributed by atoms with van der Waals surface area (Å²) in [5.74, 6) is 0. The fraction of sp³-hybridized carbons (Fsp3) is 0. The Morgan fingerprint density at radius 3 is 2.73 bits per heavy atom. The molecule has 0 aliphatic heterocycles. The number of rotatable bonds is 0. The molecule has 0 heterocycles. The van der Waals surface area contributed by atoms with E-state index >= 15 is 0 Å². The number of halogens is 1. The maximum Gasteiger partial charge on any atom is 0.188 e. The molecule has 2 nitrogen and oxygen atoms in total. The molecular formula is C8H3BrN2. The van der Waals surface area contributed by atoms with Crippen LogP contribution in [0.25, 0.3) is 4.85 Å². The minimum Gasteiger partial charge on any atom is -0.238 e. The van der Waals surface area contributed by atoms with Crippen molar-refractivity contribution in [1.29, 1.82) is 5.26 Å². The lowest BCUT2D eigenvalue weighted by atomic mass is 10.2. The minimum absolute atomic E-state index is 0.538. The van der Waals surface area contributed by atoms with Gasteiger partial charge in [0.1, 0.15) is 6.07 Å². The van der Waals surface area contributed by atoms with Gasteiger partial charge in [0.05, 0.1) is 12.1 Å². The highest BCUT2D eigenvalue weighted by Gasteiger charge is 1.98. The minimum atomic E-state index is 0.538. The summed E-state index contributed by atoms with van der Waals surface area (Å²) in [6.07, 6.45) is 0. The number of hydrogen-bond donors (Lipinski definition) is 0. The predicted molar refractivity (Wildman–Crippen MR) is 45.1 cm³/mol. The molecule has 0 fully saturated rings. The van der Waals surface area contributed by atoms with E-state index in [1.807, 2.05) is 6.07 Å². The van der Waals surface area contributed by atoms with E-state index in [9.17, 15) is 0 Å². The molecule has 0 saturated carbocycles. The normalized spacial score (nSPS) is 8.27. The first-order valence-electron chi connectivity index (χ1n) is 2.85. The zero-order valence-electron chi connectivity index (χ0n) is 5.50. The molecule has 52 valence electrons. The zero-order valence-corrected chi connectivity index (χ0v) is 7.09. The first kappa shape index (κ1) is 7.78. The quantitative estimate of drug-likeness (QED) is 0.601. The van der Waals surface area contributed by atoms with E-state index in [4.69, 9.17) is 11.8 Å². The lowest BCUT2D eigenvalue weighted by molar-refractivity contribution is 1.47. The molecule has 0 aromatic heterocycles. The van der Waals surface area contributed by atoms with Crippen LogP contribution in [0.15, 0.2) is 22.7 Å². The number of benzene rings is 1. The van der Waals surface area contributed by atoms with E-state index in [-0.39, 0.29) is 0 Å². The molecule has 0 amide bonds. The molecular weight excluding hydrogens is 204 g/mol. The molecule has 0 spiro atoms. The summed E-state index contributed by atoms with van der Waals surface area (Å²) in [4.78, 5) is 3.22. The predicted octanol–water partition coefficient (Wildman–Crippen LogP) is 2.87. The lowest BCUT2D eigenvalue weighted by Crippen LogP contribution is -1.74. The summed E-state index contributed by atoms with van der Waals surface area (Å²) in [5, 5.41) is 8.52. The van der Waals surface area contributed by atoms with Crippen molar-refractivity contribution in [2.24, 2.45) is 0 Å². The van der Waals surface area contributed by atoms with Gasteiger partial charge >= 0.3 is 0 Å². The number of nitriles is 1. The van der Waals surface area contributed by atoms with Gasteiger partial charge in [-0.2, -0.15) is 5.26 Å². The summed E-state index contributed by atoms with van der Waals surface area (Å²) >= 11 is 3.18. The summed E-state index contributed by atoms with van der Waals surface area (Å²) in [6, 6.07) is 6.87. The lowest BCUT2D eigenvalue weighted by Gasteiger charge is -1.93. The maximum absolute atomic E-state index is 8.52. The van der Waals surface area contributed by atoms with Gasteiger partial charge in [-0.15, -0.1) is 0 Å². The number of hydrogen-bond acceptors (Lipinski definition) is 1. The highest BCUT2D eigenvalue weighted by molar-refractivity contribution is 9.10. The molecule has 0 N–H and O–H groups in total. The fourth-order valence-electron chi connectivity index (χ4n) is 0.664. The van der Waals surface area contributed by atoms with Crippen molar-refractivity contribution in [3.63, 3.8) is 0 Å². The highest BCUT2D eigenvalue weighted by atomic mass is 79.9. The topological polar surface area (TPSA) is 28.1 Å². The molecule has 11 heavy (non-hydrogen) atoms. The summed E-state index contributed by atoms with van der Waals surface area (Å²) in [6.45, 7) is 6.69. The van der Waals surface area contributed by atoms with Crippen LogP contribution in [-0.4, -0.2) is 0 Å². The molecule has 1 aromatic rings. The van der Waals surface area contributed by atoms with E-state index in [1.54, 1.807) is 18.2 Å². The van der Waals surface area contributed by atoms with Crippen molar-refractivity contribution in [3.8, 4) is 6.07 Å². The van der Waals surface area contributed by atoms with Gasteiger partial charge in [0.15, 0.2) is 5.69 Å². The molecule has 0 saturated heterocycles. The van der Waals surface area contributed by atoms with Crippen LogP contribution in [-0.2, 0) is 0 Å². The van der Waals surface area contributed by atoms with Crippen molar-refractivity contribution in [2.45, 2.75) is 0 Å². The van der Waals surface area contributed by atoms with Crippen LogP contribution in [0, 0.1) is 17.9 Å². The van der Waals surface area contributed by atoms with E-state index in [0.29, 0.717) is 15.7 Å². The number of nitrogens with zero attached hydrogens (tertiary/aromatic N) is 2. The molecule has 0 aliphatic rings. The second-order valence-corrected chi connectivity index (χ2v) is 2.74. The third-order valence-electron chi connectivity index (χ3n) is 1.20. The van der Waals surface area contributed by atoms with Crippen molar-refractivity contribution >= 4 is 21.6 Å². The van der Waals surface area contributed by atoms with Crippen LogP contribution >= 0.6 is 15.9 Å². The SMILES string of the molecule is [C-]#[N+]c1ccc(C#N)c(Br)c1. The monoisotopic (exact) mass is 206 g/mol. The first-order chi connectivity index (χ1) is 5.27. The Bertz CT molecular complexity index is 357. The molecule has 1 rings (SSSR count). The van der Waals surface area contributed by atoms with Gasteiger partial charge in [-0.05, 0) is 6.07 Å². The Morgan fingerprint density at radius 1 is 1.55 bits per heavy atom. The standard InChI is InChI=1S/C8H3BrN2/c1-11-7-3-2-6(5-10)8(9)4-7/h2-4H. The molecule has 0 bridgehead atoms. The van der Waals surface area contributed by atoms with E-state index in [2.05, 4.69) is 20.8 Å². The molecule has 0 aliphatic carbocycles. The second-order valence-electron chi connectivity index (χ2n) is 1.89. The second kappa shape index (κ2) is 3.18. The van der Waals surface area contributed by atoms with Crippen molar-refractivity contribution in [2.75, 3.05) is 0 Å². The molecule has 1 aromatic carbocycles. The zero-order chi connectivity index (χ0) is 8.27. The Kier molecular flexibility index (Phi) is 2.25. The van der Waals surface area contributed by atoms with Gasteiger partial charge in [-0.25, -0.2) is 4.85 Å². The van der Waals surface area contributed by atoms with Crippen LogP contribution in [0.3, 0.4) is 0 Å².